The van der Waals surface area contributed by atoms with Crippen LogP contribution in [0.25, 0.3) is 0 Å². The second-order valence-electron chi connectivity index (χ2n) is 12.6. The van der Waals surface area contributed by atoms with Gasteiger partial charge >= 0.3 is 0 Å². The molecule has 4 aliphatic carbocycles. The molecule has 0 spiro atoms. The van der Waals surface area contributed by atoms with Crippen molar-refractivity contribution in [3.63, 3.8) is 0 Å². The van der Waals surface area contributed by atoms with E-state index in [1.165, 1.54) is 25.7 Å². The molecule has 0 bridgehead atoms. The summed E-state index contributed by atoms with van der Waals surface area (Å²) in [6.07, 6.45) is 12.6. The molecule has 4 fully saturated rings. The van der Waals surface area contributed by atoms with Gasteiger partial charge in [-0.05, 0) is 91.3 Å². The average Bonchev–Trinajstić information content (AvgIpc) is 3.05. The van der Waals surface area contributed by atoms with Gasteiger partial charge in [0.25, 0.3) is 5.92 Å². The molecule has 174 valence electrons. The first-order valence-corrected chi connectivity index (χ1v) is 13.1. The third kappa shape index (κ3) is 3.67. The molecule has 0 saturated heterocycles. The predicted molar refractivity (Wildman–Crippen MR) is 119 cm³/mol. The minimum Gasteiger partial charge on any atom is -0.396 e. The van der Waals surface area contributed by atoms with Crippen molar-refractivity contribution >= 4 is 0 Å². The van der Waals surface area contributed by atoms with Gasteiger partial charge in [-0.25, -0.2) is 8.78 Å². The molecule has 0 aromatic heterocycles. The van der Waals surface area contributed by atoms with Gasteiger partial charge in [0, 0.05) is 18.9 Å². The number of aliphatic hydroxyl groups excluding tert-OH is 1. The van der Waals surface area contributed by atoms with Gasteiger partial charge in [-0.2, -0.15) is 0 Å². The van der Waals surface area contributed by atoms with Gasteiger partial charge in [0.2, 0.25) is 0 Å². The summed E-state index contributed by atoms with van der Waals surface area (Å²) in [5, 5.41) is 9.30. The quantitative estimate of drug-likeness (QED) is 0.463. The highest BCUT2D eigenvalue weighted by atomic mass is 19.3. The second-order valence-corrected chi connectivity index (χ2v) is 12.6. The molecule has 3 heteroatoms. The third-order valence-electron chi connectivity index (χ3n) is 11.0. The zero-order valence-electron chi connectivity index (χ0n) is 19.9. The number of aliphatic hydroxyl groups is 1. The van der Waals surface area contributed by atoms with Crippen molar-refractivity contribution < 1.29 is 13.9 Å². The molecule has 1 nitrogen and oxygen atoms in total. The summed E-state index contributed by atoms with van der Waals surface area (Å²) in [7, 11) is 0. The Morgan fingerprint density at radius 1 is 0.900 bits per heavy atom. The first-order valence-electron chi connectivity index (χ1n) is 13.1. The maximum Gasteiger partial charge on any atom is 0.251 e. The largest absolute Gasteiger partial charge is 0.396 e. The molecule has 4 aliphatic rings. The van der Waals surface area contributed by atoms with Crippen LogP contribution in [0.15, 0.2) is 0 Å². The standard InChI is InChI=1S/C27H46F2O/c1-18(17-30)8-7-9-19(2)21-11-12-22-24-23(13-15-26(21,22)4)25(3)14-6-5-10-20(25)16-27(24,28)29/h18-24,30H,5-17H2,1-4H3. The van der Waals surface area contributed by atoms with Crippen molar-refractivity contribution in [2.75, 3.05) is 6.61 Å². The SMILES string of the molecule is CC(CO)CCCC(C)C1CCC2C3C(CCC12C)C1(C)CCCCC1CC3(F)F. The van der Waals surface area contributed by atoms with Gasteiger partial charge in [0.15, 0.2) is 0 Å². The van der Waals surface area contributed by atoms with Gasteiger partial charge in [0.1, 0.15) is 0 Å². The van der Waals surface area contributed by atoms with Crippen molar-refractivity contribution in [2.45, 2.75) is 111 Å². The zero-order chi connectivity index (χ0) is 21.7. The Morgan fingerprint density at radius 2 is 1.63 bits per heavy atom. The summed E-state index contributed by atoms with van der Waals surface area (Å²) in [4.78, 5) is 0. The van der Waals surface area contributed by atoms with Gasteiger partial charge in [-0.1, -0.05) is 53.4 Å². The Kier molecular flexibility index (Phi) is 6.37. The molecular weight excluding hydrogens is 378 g/mol. The van der Waals surface area contributed by atoms with E-state index in [4.69, 9.17) is 0 Å². The lowest BCUT2D eigenvalue weighted by Crippen LogP contribution is -2.60. The topological polar surface area (TPSA) is 20.2 Å². The van der Waals surface area contributed by atoms with Crippen molar-refractivity contribution in [1.29, 1.82) is 0 Å². The zero-order valence-corrected chi connectivity index (χ0v) is 19.9. The molecule has 4 rings (SSSR count). The lowest BCUT2D eigenvalue weighted by Gasteiger charge is -2.62. The molecule has 0 amide bonds. The molecule has 0 radical (unpaired) electrons. The average molecular weight is 425 g/mol. The highest BCUT2D eigenvalue weighted by Gasteiger charge is 2.67. The van der Waals surface area contributed by atoms with Crippen LogP contribution in [0.2, 0.25) is 0 Å². The van der Waals surface area contributed by atoms with E-state index in [1.807, 2.05) is 0 Å². The number of alkyl halides is 2. The molecule has 0 aliphatic heterocycles. The summed E-state index contributed by atoms with van der Waals surface area (Å²) in [5.41, 5.74) is 0.264. The Labute approximate surface area is 183 Å². The lowest BCUT2D eigenvalue weighted by molar-refractivity contribution is -0.232. The van der Waals surface area contributed by atoms with Crippen LogP contribution >= 0.6 is 0 Å². The van der Waals surface area contributed by atoms with E-state index in [0.717, 1.165) is 44.9 Å². The predicted octanol–water partition coefficient (Wildman–Crippen LogP) is 7.72. The fourth-order valence-electron chi connectivity index (χ4n) is 9.24. The summed E-state index contributed by atoms with van der Waals surface area (Å²) in [6.45, 7) is 9.55. The van der Waals surface area contributed by atoms with Crippen LogP contribution in [0.1, 0.15) is 105 Å². The highest BCUT2D eigenvalue weighted by molar-refractivity contribution is 5.13. The van der Waals surface area contributed by atoms with Gasteiger partial charge in [-0.15, -0.1) is 0 Å². The van der Waals surface area contributed by atoms with E-state index < -0.39 is 5.92 Å². The molecule has 4 saturated carbocycles. The van der Waals surface area contributed by atoms with Crippen LogP contribution in [0.5, 0.6) is 0 Å². The van der Waals surface area contributed by atoms with E-state index in [1.54, 1.807) is 0 Å². The van der Waals surface area contributed by atoms with Crippen molar-refractivity contribution in [1.82, 2.24) is 0 Å². The minimum atomic E-state index is -2.47. The summed E-state index contributed by atoms with van der Waals surface area (Å²) in [6, 6.07) is 0. The number of hydrogen-bond donors (Lipinski definition) is 1. The Bertz CT molecular complexity index is 606. The minimum absolute atomic E-state index is 0.102. The molecular formula is C27H46F2O. The maximum atomic E-state index is 15.7. The molecule has 1 N–H and O–H groups in total. The molecule has 9 unspecified atom stereocenters. The van der Waals surface area contributed by atoms with Gasteiger partial charge in [0.05, 0.1) is 0 Å². The Morgan fingerprint density at radius 3 is 2.37 bits per heavy atom. The summed E-state index contributed by atoms with van der Waals surface area (Å²) < 4.78 is 31.4. The molecule has 0 aromatic carbocycles. The van der Waals surface area contributed by atoms with Crippen LogP contribution in [0, 0.1) is 52.3 Å². The van der Waals surface area contributed by atoms with Crippen LogP contribution < -0.4 is 0 Å². The molecule has 0 aromatic rings. The van der Waals surface area contributed by atoms with Crippen LogP contribution in [0.3, 0.4) is 0 Å². The molecule has 9 atom stereocenters. The van der Waals surface area contributed by atoms with Gasteiger partial charge < -0.3 is 5.11 Å². The molecule has 0 heterocycles. The summed E-state index contributed by atoms with van der Waals surface area (Å²) in [5.74, 6) is -0.548. The van der Waals surface area contributed by atoms with Crippen molar-refractivity contribution in [3.8, 4) is 0 Å². The van der Waals surface area contributed by atoms with E-state index in [0.29, 0.717) is 17.8 Å². The van der Waals surface area contributed by atoms with Crippen LogP contribution in [0.4, 0.5) is 8.78 Å². The Hall–Kier alpha value is -0.180. The van der Waals surface area contributed by atoms with Gasteiger partial charge in [-0.3, -0.25) is 0 Å². The van der Waals surface area contributed by atoms with E-state index >= 15 is 8.78 Å². The normalized spacial score (nSPS) is 47.1. The van der Waals surface area contributed by atoms with Crippen molar-refractivity contribution in [3.05, 3.63) is 0 Å². The van der Waals surface area contributed by atoms with E-state index in [2.05, 4.69) is 27.7 Å². The number of halogens is 2. The van der Waals surface area contributed by atoms with E-state index in [9.17, 15) is 5.11 Å². The number of fused-ring (bicyclic) bond motifs is 5. The van der Waals surface area contributed by atoms with Crippen LogP contribution in [-0.2, 0) is 0 Å². The second kappa shape index (κ2) is 8.31. The highest BCUT2D eigenvalue weighted by Crippen LogP contribution is 2.71. The number of rotatable bonds is 6. The van der Waals surface area contributed by atoms with E-state index in [-0.39, 0.29) is 47.5 Å². The smallest absolute Gasteiger partial charge is 0.251 e. The first kappa shape index (κ1) is 23.0. The fraction of sp³-hybridized carbons (Fsp3) is 1.00. The maximum absolute atomic E-state index is 15.7. The first-order chi connectivity index (χ1) is 14.1. The Balaban J connectivity index is 1.52. The van der Waals surface area contributed by atoms with Crippen LogP contribution in [-0.4, -0.2) is 17.6 Å². The monoisotopic (exact) mass is 424 g/mol. The van der Waals surface area contributed by atoms with Crippen molar-refractivity contribution in [2.24, 2.45) is 52.3 Å². The summed E-state index contributed by atoms with van der Waals surface area (Å²) >= 11 is 0. The third-order valence-corrected chi connectivity index (χ3v) is 11.0. The number of hydrogen-bond acceptors (Lipinski definition) is 1. The fourth-order valence-corrected chi connectivity index (χ4v) is 9.24. The lowest BCUT2D eigenvalue weighted by atomic mass is 9.43. The molecule has 30 heavy (non-hydrogen) atoms.